The van der Waals surface area contributed by atoms with Crippen LogP contribution in [0.15, 0.2) is 16.6 Å². The summed E-state index contributed by atoms with van der Waals surface area (Å²) in [6, 6.07) is 2.25. The second kappa shape index (κ2) is 4.93. The predicted octanol–water partition coefficient (Wildman–Crippen LogP) is 2.45. The molecule has 16 heavy (non-hydrogen) atoms. The van der Waals surface area contributed by atoms with Crippen molar-refractivity contribution in [2.75, 3.05) is 6.61 Å². The van der Waals surface area contributed by atoms with E-state index < -0.39 is 10.9 Å². The molecule has 0 heterocycles. The minimum absolute atomic E-state index is 0.0457. The van der Waals surface area contributed by atoms with E-state index in [2.05, 4.69) is 15.9 Å². The number of rotatable bonds is 4. The van der Waals surface area contributed by atoms with Crippen LogP contribution in [0.2, 0.25) is 0 Å². The van der Waals surface area contributed by atoms with Crippen molar-refractivity contribution in [2.45, 2.75) is 6.92 Å². The highest BCUT2D eigenvalue weighted by Crippen LogP contribution is 2.33. The molecule has 1 aromatic rings. The summed E-state index contributed by atoms with van der Waals surface area (Å²) in [6.45, 7) is 1.95. The lowest BCUT2D eigenvalue weighted by Crippen LogP contribution is -2.03. The van der Waals surface area contributed by atoms with Gasteiger partial charge in [0, 0.05) is 16.6 Å². The van der Waals surface area contributed by atoms with E-state index in [9.17, 15) is 14.9 Å². The maximum absolute atomic E-state index is 10.8. The van der Waals surface area contributed by atoms with Crippen LogP contribution in [-0.4, -0.2) is 22.6 Å². The van der Waals surface area contributed by atoms with E-state index in [0.29, 0.717) is 0 Å². The third kappa shape index (κ3) is 2.48. The maximum atomic E-state index is 10.8. The van der Waals surface area contributed by atoms with E-state index in [-0.39, 0.29) is 28.1 Å². The van der Waals surface area contributed by atoms with Gasteiger partial charge in [-0.1, -0.05) is 0 Å². The molecule has 0 aliphatic rings. The van der Waals surface area contributed by atoms with Crippen molar-refractivity contribution in [2.24, 2.45) is 0 Å². The number of ether oxygens (including phenoxy) is 1. The molecule has 0 aromatic heterocycles. The van der Waals surface area contributed by atoms with Gasteiger partial charge in [0.05, 0.1) is 17.1 Å². The molecule has 0 bridgehead atoms. The number of hydrogen-bond donors (Lipinski definition) is 1. The van der Waals surface area contributed by atoms with Gasteiger partial charge in [0.25, 0.3) is 0 Å². The summed E-state index contributed by atoms with van der Waals surface area (Å²) in [6.07, 6.45) is 0. The van der Waals surface area contributed by atoms with Crippen LogP contribution in [0, 0.1) is 10.1 Å². The van der Waals surface area contributed by atoms with Crippen LogP contribution in [0.25, 0.3) is 0 Å². The van der Waals surface area contributed by atoms with Gasteiger partial charge in [0.15, 0.2) is 5.75 Å². The lowest BCUT2D eigenvalue weighted by Gasteiger charge is -2.06. The summed E-state index contributed by atoms with van der Waals surface area (Å²) in [5.74, 6) is -1.19. The number of carbonyl (C=O) groups is 1. The molecule has 0 aliphatic carbocycles. The first-order chi connectivity index (χ1) is 7.47. The molecule has 1 aromatic carbocycles. The van der Waals surface area contributed by atoms with Crippen LogP contribution >= 0.6 is 15.9 Å². The van der Waals surface area contributed by atoms with Crippen LogP contribution in [-0.2, 0) is 0 Å². The highest BCUT2D eigenvalue weighted by molar-refractivity contribution is 9.10. The van der Waals surface area contributed by atoms with Gasteiger partial charge < -0.3 is 9.84 Å². The number of carboxylic acid groups (broad SMARTS) is 1. The Bertz CT molecular complexity index is 446. The van der Waals surface area contributed by atoms with Crippen molar-refractivity contribution < 1.29 is 19.6 Å². The number of nitro groups is 1. The fraction of sp³-hybridized carbons (Fsp3) is 0.222. The third-order valence-corrected chi connectivity index (χ3v) is 2.43. The van der Waals surface area contributed by atoms with E-state index >= 15 is 0 Å². The molecule has 0 atom stereocenters. The van der Waals surface area contributed by atoms with Crippen molar-refractivity contribution in [3.8, 4) is 5.75 Å². The Morgan fingerprint density at radius 1 is 1.62 bits per heavy atom. The summed E-state index contributed by atoms with van der Waals surface area (Å²) in [5, 5.41) is 19.5. The van der Waals surface area contributed by atoms with Gasteiger partial charge in [0.2, 0.25) is 0 Å². The molecule has 0 saturated carbocycles. The SMILES string of the molecule is CCOc1cc(Br)c(C(=O)O)cc1[N+](=O)[O-]. The van der Waals surface area contributed by atoms with Crippen molar-refractivity contribution in [3.05, 3.63) is 32.3 Å². The minimum Gasteiger partial charge on any atom is -0.487 e. The molecule has 86 valence electrons. The molecule has 0 amide bonds. The van der Waals surface area contributed by atoms with E-state index in [4.69, 9.17) is 9.84 Å². The van der Waals surface area contributed by atoms with Crippen molar-refractivity contribution in [3.63, 3.8) is 0 Å². The standard InChI is InChI=1S/C9H8BrNO5/c1-2-16-8-4-6(10)5(9(12)13)3-7(8)11(14)15/h3-4H,2H2,1H3,(H,12,13). The second-order valence-corrected chi connectivity index (χ2v) is 3.65. The van der Waals surface area contributed by atoms with Crippen LogP contribution in [0.5, 0.6) is 5.75 Å². The molecule has 6 nitrogen and oxygen atoms in total. The smallest absolute Gasteiger partial charge is 0.337 e. The first-order valence-electron chi connectivity index (χ1n) is 4.31. The van der Waals surface area contributed by atoms with Crippen LogP contribution in [0.3, 0.4) is 0 Å². The highest BCUT2D eigenvalue weighted by Gasteiger charge is 2.21. The number of halogens is 1. The molecule has 0 saturated heterocycles. The Morgan fingerprint density at radius 2 is 2.25 bits per heavy atom. The molecule has 0 spiro atoms. The van der Waals surface area contributed by atoms with Crippen molar-refractivity contribution in [1.82, 2.24) is 0 Å². The molecule has 0 fully saturated rings. The zero-order chi connectivity index (χ0) is 12.3. The van der Waals surface area contributed by atoms with Crippen LogP contribution < -0.4 is 4.74 Å². The fourth-order valence-electron chi connectivity index (χ4n) is 1.12. The van der Waals surface area contributed by atoms with Gasteiger partial charge in [-0.3, -0.25) is 10.1 Å². The average Bonchev–Trinajstić information content (AvgIpc) is 2.17. The second-order valence-electron chi connectivity index (χ2n) is 2.80. The normalized spacial score (nSPS) is 9.88. The van der Waals surface area contributed by atoms with E-state index in [1.807, 2.05) is 0 Å². The number of hydrogen-bond acceptors (Lipinski definition) is 4. The molecule has 0 aliphatic heterocycles. The number of carboxylic acids is 1. The van der Waals surface area contributed by atoms with E-state index in [0.717, 1.165) is 6.07 Å². The molecule has 1 N–H and O–H groups in total. The van der Waals surface area contributed by atoms with Gasteiger partial charge in [0.1, 0.15) is 0 Å². The molecule has 7 heteroatoms. The molecule has 1 rings (SSSR count). The van der Waals surface area contributed by atoms with Crippen LogP contribution in [0.4, 0.5) is 5.69 Å². The monoisotopic (exact) mass is 289 g/mol. The Labute approximate surface area is 99.1 Å². The Kier molecular flexibility index (Phi) is 3.83. The lowest BCUT2D eigenvalue weighted by atomic mass is 10.2. The number of nitro benzene ring substituents is 1. The van der Waals surface area contributed by atoms with Gasteiger partial charge >= 0.3 is 11.7 Å². The molecular weight excluding hydrogens is 282 g/mol. The lowest BCUT2D eigenvalue weighted by molar-refractivity contribution is -0.385. The maximum Gasteiger partial charge on any atom is 0.337 e. The zero-order valence-corrected chi connectivity index (χ0v) is 9.85. The van der Waals surface area contributed by atoms with E-state index in [1.165, 1.54) is 6.07 Å². The van der Waals surface area contributed by atoms with Crippen molar-refractivity contribution in [1.29, 1.82) is 0 Å². The van der Waals surface area contributed by atoms with Crippen molar-refractivity contribution >= 4 is 27.6 Å². The summed E-state index contributed by atoms with van der Waals surface area (Å²) in [4.78, 5) is 20.8. The van der Waals surface area contributed by atoms with Gasteiger partial charge in [-0.05, 0) is 22.9 Å². The first kappa shape index (κ1) is 12.4. The number of nitrogens with zero attached hydrogens (tertiary/aromatic N) is 1. The minimum atomic E-state index is -1.24. The number of benzene rings is 1. The Hall–Kier alpha value is -1.63. The van der Waals surface area contributed by atoms with E-state index in [1.54, 1.807) is 6.92 Å². The topological polar surface area (TPSA) is 89.7 Å². The largest absolute Gasteiger partial charge is 0.487 e. The van der Waals surface area contributed by atoms with Gasteiger partial charge in [-0.15, -0.1) is 0 Å². The molecule has 0 radical (unpaired) electrons. The Balaban J connectivity index is 3.36. The highest BCUT2D eigenvalue weighted by atomic mass is 79.9. The summed E-state index contributed by atoms with van der Waals surface area (Å²) < 4.78 is 5.29. The molecular formula is C9H8BrNO5. The Morgan fingerprint density at radius 3 is 2.69 bits per heavy atom. The summed E-state index contributed by atoms with van der Waals surface area (Å²) in [7, 11) is 0. The average molecular weight is 290 g/mol. The third-order valence-electron chi connectivity index (χ3n) is 1.78. The quantitative estimate of drug-likeness (QED) is 0.679. The van der Waals surface area contributed by atoms with Crippen LogP contribution in [0.1, 0.15) is 17.3 Å². The predicted molar refractivity (Wildman–Crippen MR) is 58.9 cm³/mol. The number of aromatic carboxylic acids is 1. The van der Waals surface area contributed by atoms with Gasteiger partial charge in [-0.25, -0.2) is 4.79 Å². The van der Waals surface area contributed by atoms with Gasteiger partial charge in [-0.2, -0.15) is 0 Å². The summed E-state index contributed by atoms with van der Waals surface area (Å²) >= 11 is 3.02. The zero-order valence-electron chi connectivity index (χ0n) is 8.27. The fourth-order valence-corrected chi connectivity index (χ4v) is 1.61. The molecule has 0 unspecified atom stereocenters. The summed E-state index contributed by atoms with van der Waals surface area (Å²) in [5.41, 5.74) is -0.530. The first-order valence-corrected chi connectivity index (χ1v) is 5.10.